The minimum Gasteiger partial charge on any atom is -0.491 e. The molecule has 7 nitrogen and oxygen atoms in total. The molecule has 0 bridgehead atoms. The van der Waals surface area contributed by atoms with E-state index in [0.717, 1.165) is 52.1 Å². The average molecular weight is 489 g/mol. The molecule has 3 aromatic rings. The Bertz CT molecular complexity index is 1290. The van der Waals surface area contributed by atoms with Crippen LogP contribution in [0, 0.1) is 6.92 Å². The van der Waals surface area contributed by atoms with Gasteiger partial charge in [-0.2, -0.15) is 10.1 Å². The summed E-state index contributed by atoms with van der Waals surface area (Å²) in [6.07, 6.45) is 3.97. The number of aliphatic imine (C=N–C) groups is 1. The number of amides is 1. The van der Waals surface area contributed by atoms with Gasteiger partial charge in [0.25, 0.3) is 5.91 Å². The van der Waals surface area contributed by atoms with Crippen LogP contribution in [0.4, 0.5) is 0 Å². The highest BCUT2D eigenvalue weighted by Crippen LogP contribution is 2.34. The second-order valence-corrected chi connectivity index (χ2v) is 9.78. The second-order valence-electron chi connectivity index (χ2n) is 8.77. The van der Waals surface area contributed by atoms with Crippen molar-refractivity contribution in [3.8, 4) is 22.7 Å². The Hall–Kier alpha value is -3.36. The lowest BCUT2D eigenvalue weighted by Gasteiger charge is -2.27. The molecular weight excluding hydrogens is 460 g/mol. The van der Waals surface area contributed by atoms with Crippen LogP contribution < -0.4 is 4.74 Å². The Morgan fingerprint density at radius 3 is 2.60 bits per heavy atom. The molecule has 2 aliphatic rings. The van der Waals surface area contributed by atoms with Crippen LogP contribution in [0.15, 0.2) is 64.6 Å². The summed E-state index contributed by atoms with van der Waals surface area (Å²) in [5, 5.41) is 5.65. The zero-order valence-corrected chi connectivity index (χ0v) is 20.9. The van der Waals surface area contributed by atoms with Crippen LogP contribution in [-0.2, 0) is 9.53 Å². The number of carbonyl (C=O) groups excluding carboxylic acids is 1. The molecule has 3 heterocycles. The average Bonchev–Trinajstić information content (AvgIpc) is 3.45. The number of ether oxygens (including phenoxy) is 2. The van der Waals surface area contributed by atoms with Gasteiger partial charge in [0.05, 0.1) is 29.9 Å². The van der Waals surface area contributed by atoms with E-state index < -0.39 is 0 Å². The van der Waals surface area contributed by atoms with Gasteiger partial charge in [-0.3, -0.25) is 4.79 Å². The van der Waals surface area contributed by atoms with Crippen molar-refractivity contribution < 1.29 is 14.3 Å². The molecule has 0 N–H and O–H groups in total. The standard InChI is InChI=1S/C27H28N4O3S/c1-18(2)34-23-10-9-20(15-19(23)3)25-21(17-31(29-25)22-7-5-4-6-8-22)16-24-26(32)28-27(35-24)30-11-13-33-14-12-30/h4-10,15-18H,11-14H2,1-3H3/b24-16-. The molecule has 0 spiro atoms. The smallest absolute Gasteiger partial charge is 0.286 e. The van der Waals surface area contributed by atoms with E-state index in [1.165, 1.54) is 11.8 Å². The number of aryl methyl sites for hydroxylation is 1. The molecule has 2 aromatic carbocycles. The molecular formula is C27H28N4O3S. The van der Waals surface area contributed by atoms with Crippen LogP contribution in [0.25, 0.3) is 23.0 Å². The zero-order valence-electron chi connectivity index (χ0n) is 20.1. The molecule has 2 aliphatic heterocycles. The van der Waals surface area contributed by atoms with E-state index in [4.69, 9.17) is 14.6 Å². The summed E-state index contributed by atoms with van der Waals surface area (Å²) in [5.41, 5.74) is 4.61. The summed E-state index contributed by atoms with van der Waals surface area (Å²) in [4.78, 5) is 19.8. The van der Waals surface area contributed by atoms with Gasteiger partial charge in [0.2, 0.25) is 0 Å². The first kappa shape index (κ1) is 23.4. The first-order valence-electron chi connectivity index (χ1n) is 11.8. The normalized spacial score (nSPS) is 17.4. The Kier molecular flexibility index (Phi) is 6.74. The van der Waals surface area contributed by atoms with E-state index in [1.54, 1.807) is 0 Å². The number of hydrogen-bond acceptors (Lipinski definition) is 6. The summed E-state index contributed by atoms with van der Waals surface area (Å²) in [6.45, 7) is 8.85. The minimum absolute atomic E-state index is 0.100. The predicted molar refractivity (Wildman–Crippen MR) is 140 cm³/mol. The van der Waals surface area contributed by atoms with Crippen molar-refractivity contribution in [2.75, 3.05) is 26.3 Å². The molecule has 8 heteroatoms. The number of carbonyl (C=O) groups is 1. The van der Waals surface area contributed by atoms with Crippen molar-refractivity contribution in [2.45, 2.75) is 26.9 Å². The first-order chi connectivity index (χ1) is 17.0. The van der Waals surface area contributed by atoms with Crippen molar-refractivity contribution in [2.24, 2.45) is 4.99 Å². The second kappa shape index (κ2) is 10.1. The van der Waals surface area contributed by atoms with Crippen LogP contribution in [0.3, 0.4) is 0 Å². The molecule has 0 aliphatic carbocycles. The lowest BCUT2D eigenvalue weighted by Crippen LogP contribution is -2.38. The van der Waals surface area contributed by atoms with E-state index in [0.29, 0.717) is 18.1 Å². The molecule has 1 fully saturated rings. The van der Waals surface area contributed by atoms with Gasteiger partial charge in [-0.25, -0.2) is 4.68 Å². The van der Waals surface area contributed by atoms with Crippen molar-refractivity contribution in [3.05, 3.63) is 70.8 Å². The molecule has 1 aromatic heterocycles. The Morgan fingerprint density at radius 2 is 1.89 bits per heavy atom. The number of benzene rings is 2. The monoisotopic (exact) mass is 488 g/mol. The fourth-order valence-electron chi connectivity index (χ4n) is 4.04. The van der Waals surface area contributed by atoms with E-state index in [-0.39, 0.29) is 12.0 Å². The van der Waals surface area contributed by atoms with Crippen molar-refractivity contribution in [1.29, 1.82) is 0 Å². The topological polar surface area (TPSA) is 69.0 Å². The third kappa shape index (κ3) is 5.18. The SMILES string of the molecule is Cc1cc(-c2nn(-c3ccccc3)cc2/C=C2\SC(N3CCOCC3)=NC2=O)ccc1OC(C)C. The molecule has 0 radical (unpaired) electrons. The number of nitrogens with zero attached hydrogens (tertiary/aromatic N) is 4. The van der Waals surface area contributed by atoms with Crippen LogP contribution in [0.2, 0.25) is 0 Å². The fourth-order valence-corrected chi connectivity index (χ4v) is 5.00. The highest BCUT2D eigenvalue weighted by Gasteiger charge is 2.28. The van der Waals surface area contributed by atoms with Gasteiger partial charge in [-0.1, -0.05) is 18.2 Å². The maximum absolute atomic E-state index is 12.8. The minimum atomic E-state index is -0.216. The zero-order chi connectivity index (χ0) is 24.4. The summed E-state index contributed by atoms with van der Waals surface area (Å²) < 4.78 is 13.2. The quantitative estimate of drug-likeness (QED) is 0.474. The van der Waals surface area contributed by atoms with Gasteiger partial charge in [0, 0.05) is 30.4 Å². The van der Waals surface area contributed by atoms with Crippen molar-refractivity contribution in [1.82, 2.24) is 14.7 Å². The fraction of sp³-hybridized carbons (Fsp3) is 0.296. The molecule has 5 rings (SSSR count). The van der Waals surface area contributed by atoms with Crippen LogP contribution in [0.5, 0.6) is 5.75 Å². The third-order valence-electron chi connectivity index (χ3n) is 5.75. The summed E-state index contributed by atoms with van der Waals surface area (Å²) in [7, 11) is 0. The lowest BCUT2D eigenvalue weighted by molar-refractivity contribution is -0.113. The Labute approximate surface area is 209 Å². The van der Waals surface area contributed by atoms with Crippen LogP contribution >= 0.6 is 11.8 Å². The maximum atomic E-state index is 12.8. The maximum Gasteiger partial charge on any atom is 0.286 e. The molecule has 1 amide bonds. The number of thioether (sulfide) groups is 1. The Balaban J connectivity index is 1.51. The highest BCUT2D eigenvalue weighted by molar-refractivity contribution is 8.18. The number of hydrogen-bond donors (Lipinski definition) is 0. The van der Waals surface area contributed by atoms with Gasteiger partial charge in [-0.05, 0) is 74.5 Å². The first-order valence-corrected chi connectivity index (χ1v) is 12.6. The summed E-state index contributed by atoms with van der Waals surface area (Å²) >= 11 is 1.42. The van der Waals surface area contributed by atoms with Crippen LogP contribution in [-0.4, -0.2) is 58.2 Å². The van der Waals surface area contributed by atoms with E-state index in [2.05, 4.69) is 16.0 Å². The Morgan fingerprint density at radius 1 is 1.11 bits per heavy atom. The van der Waals surface area contributed by atoms with E-state index in [9.17, 15) is 4.79 Å². The summed E-state index contributed by atoms with van der Waals surface area (Å²) in [6, 6.07) is 16.0. The third-order valence-corrected chi connectivity index (χ3v) is 6.80. The number of morpholine rings is 1. The molecule has 0 atom stereocenters. The highest BCUT2D eigenvalue weighted by atomic mass is 32.2. The molecule has 0 unspecified atom stereocenters. The predicted octanol–water partition coefficient (Wildman–Crippen LogP) is 4.94. The number of rotatable bonds is 5. The molecule has 180 valence electrons. The van der Waals surface area contributed by atoms with Crippen molar-refractivity contribution in [3.63, 3.8) is 0 Å². The van der Waals surface area contributed by atoms with Gasteiger partial charge in [-0.15, -0.1) is 0 Å². The van der Waals surface area contributed by atoms with Crippen molar-refractivity contribution >= 4 is 28.9 Å². The molecule has 0 saturated carbocycles. The molecule has 35 heavy (non-hydrogen) atoms. The van der Waals surface area contributed by atoms with Gasteiger partial charge < -0.3 is 14.4 Å². The lowest BCUT2D eigenvalue weighted by atomic mass is 10.0. The van der Waals surface area contributed by atoms with E-state index >= 15 is 0 Å². The largest absolute Gasteiger partial charge is 0.491 e. The van der Waals surface area contributed by atoms with Crippen LogP contribution in [0.1, 0.15) is 25.0 Å². The number of amidine groups is 1. The number of aromatic nitrogens is 2. The molecule has 1 saturated heterocycles. The summed E-state index contributed by atoms with van der Waals surface area (Å²) in [5.74, 6) is 0.642. The van der Waals surface area contributed by atoms with E-state index in [1.807, 2.05) is 80.2 Å². The van der Waals surface area contributed by atoms with Gasteiger partial charge >= 0.3 is 0 Å². The van der Waals surface area contributed by atoms with Gasteiger partial charge in [0.15, 0.2) is 5.17 Å². The van der Waals surface area contributed by atoms with Gasteiger partial charge in [0.1, 0.15) is 11.4 Å². The number of para-hydroxylation sites is 1.